The molecule has 2 aromatic rings. The number of aromatic amines is 1. The van der Waals surface area contributed by atoms with Crippen LogP contribution < -0.4 is 16.5 Å². The summed E-state index contributed by atoms with van der Waals surface area (Å²) in [5, 5.41) is 1.37. The Kier molecular flexibility index (Phi) is 6.93. The van der Waals surface area contributed by atoms with E-state index in [0.717, 1.165) is 18.9 Å². The average molecular weight is 494 g/mol. The minimum atomic E-state index is -4.81. The van der Waals surface area contributed by atoms with Gasteiger partial charge in [-0.3, -0.25) is 14.4 Å². The van der Waals surface area contributed by atoms with E-state index < -0.39 is 59.1 Å². The molecule has 9 nitrogen and oxygen atoms in total. The Morgan fingerprint density at radius 1 is 1.03 bits per heavy atom. The number of aliphatic imine (C=N–C) groups is 1. The molecule has 2 N–H and O–H groups in total. The molecule has 0 spiro atoms. The lowest BCUT2D eigenvalue weighted by Gasteiger charge is -2.14. The standard InChI is InChI=1S/C14H13F3N2O3.C5H3F3N2O2/c15-14(16,17)13-18-11(21)10-8(3-1-2-7-4-5-7)6-9(20)22-12(10)19-13;6-5(7,8)4-9-2(11)1-3(12)10-4/h6-7H,1-5H2,(H,18,19,21);1H2,(H,9,10,11,12). The van der Waals surface area contributed by atoms with Crippen molar-refractivity contribution >= 4 is 28.7 Å². The smallest absolute Gasteiger partial charge is 0.403 e. The lowest BCUT2D eigenvalue weighted by molar-refractivity contribution is -0.145. The predicted octanol–water partition coefficient (Wildman–Crippen LogP) is 2.62. The number of fused-ring (bicyclic) bond motifs is 1. The molecule has 184 valence electrons. The monoisotopic (exact) mass is 494 g/mol. The van der Waals surface area contributed by atoms with Gasteiger partial charge < -0.3 is 14.7 Å². The van der Waals surface area contributed by atoms with Gasteiger partial charge in [-0.05, 0) is 24.3 Å². The SMILES string of the molecule is O=C1CC(=O)NC(C(F)(F)F)=N1.O=c1cc(CCCC2CC2)c2c(=O)[nH]c(C(F)(F)F)nc2o1. The Morgan fingerprint density at radius 2 is 1.71 bits per heavy atom. The van der Waals surface area contributed by atoms with E-state index in [1.54, 1.807) is 4.98 Å². The van der Waals surface area contributed by atoms with Gasteiger partial charge in [0.2, 0.25) is 23.3 Å². The fourth-order valence-electron chi connectivity index (χ4n) is 3.11. The molecule has 4 rings (SSSR count). The van der Waals surface area contributed by atoms with Crippen LogP contribution >= 0.6 is 0 Å². The van der Waals surface area contributed by atoms with E-state index in [-0.39, 0.29) is 5.39 Å². The number of nitrogens with one attached hydrogen (secondary N) is 2. The Bertz CT molecular complexity index is 1260. The lowest BCUT2D eigenvalue weighted by atomic mass is 10.1. The summed E-state index contributed by atoms with van der Waals surface area (Å²) < 4.78 is 78.0. The zero-order chi connectivity index (χ0) is 25.3. The molecule has 1 saturated carbocycles. The van der Waals surface area contributed by atoms with Crippen LogP contribution in [0.25, 0.3) is 11.1 Å². The Morgan fingerprint density at radius 3 is 2.26 bits per heavy atom. The van der Waals surface area contributed by atoms with Crippen molar-refractivity contribution in [2.24, 2.45) is 10.9 Å². The second kappa shape index (κ2) is 9.38. The van der Waals surface area contributed by atoms with Gasteiger partial charge in [0.25, 0.3) is 11.5 Å². The molecule has 3 heterocycles. The van der Waals surface area contributed by atoms with E-state index in [9.17, 15) is 45.5 Å². The van der Waals surface area contributed by atoms with Crippen molar-refractivity contribution in [3.63, 3.8) is 0 Å². The average Bonchev–Trinajstić information content (AvgIpc) is 3.50. The van der Waals surface area contributed by atoms with Crippen molar-refractivity contribution in [3.05, 3.63) is 38.2 Å². The zero-order valence-corrected chi connectivity index (χ0v) is 17.1. The van der Waals surface area contributed by atoms with Gasteiger partial charge in [0, 0.05) is 6.07 Å². The molecule has 0 saturated heterocycles. The van der Waals surface area contributed by atoms with Crippen molar-refractivity contribution < 1.29 is 40.3 Å². The summed E-state index contributed by atoms with van der Waals surface area (Å²) in [7, 11) is 0. The Labute approximate surface area is 185 Å². The first-order chi connectivity index (χ1) is 15.7. The Balaban J connectivity index is 0.000000229. The first kappa shape index (κ1) is 25.1. The van der Waals surface area contributed by atoms with Gasteiger partial charge >= 0.3 is 18.0 Å². The molecule has 1 aliphatic heterocycles. The summed E-state index contributed by atoms with van der Waals surface area (Å²) in [6, 6.07) is 1.15. The molecular weight excluding hydrogens is 478 g/mol. The summed E-state index contributed by atoms with van der Waals surface area (Å²) in [5.74, 6) is -4.37. The van der Waals surface area contributed by atoms with Crippen LogP contribution in [0.2, 0.25) is 0 Å². The number of carbonyl (C=O) groups excluding carboxylic acids is 2. The molecule has 34 heavy (non-hydrogen) atoms. The largest absolute Gasteiger partial charge is 0.449 e. The minimum Gasteiger partial charge on any atom is -0.403 e. The third kappa shape index (κ3) is 6.51. The van der Waals surface area contributed by atoms with Gasteiger partial charge in [0.1, 0.15) is 11.8 Å². The minimum absolute atomic E-state index is 0.0802. The van der Waals surface area contributed by atoms with Gasteiger partial charge in [0.05, 0.1) is 0 Å². The highest BCUT2D eigenvalue weighted by molar-refractivity contribution is 6.15. The number of amidine groups is 1. The summed E-state index contributed by atoms with van der Waals surface area (Å²) >= 11 is 0. The molecule has 15 heteroatoms. The fraction of sp³-hybridized carbons (Fsp3) is 0.474. The summed E-state index contributed by atoms with van der Waals surface area (Å²) in [6.45, 7) is 0. The zero-order valence-electron chi connectivity index (χ0n) is 17.1. The molecule has 2 aliphatic rings. The highest BCUT2D eigenvalue weighted by Crippen LogP contribution is 2.34. The van der Waals surface area contributed by atoms with Crippen LogP contribution in [-0.2, 0) is 22.2 Å². The normalized spacial score (nSPS) is 16.6. The Hall–Kier alpha value is -3.52. The highest BCUT2D eigenvalue weighted by Gasteiger charge is 2.40. The van der Waals surface area contributed by atoms with Crippen molar-refractivity contribution in [2.75, 3.05) is 0 Å². The van der Waals surface area contributed by atoms with Crippen molar-refractivity contribution in [1.29, 1.82) is 0 Å². The number of carbonyl (C=O) groups is 2. The fourth-order valence-corrected chi connectivity index (χ4v) is 3.11. The van der Waals surface area contributed by atoms with Crippen molar-refractivity contribution in [3.8, 4) is 0 Å². The molecule has 0 atom stereocenters. The summed E-state index contributed by atoms with van der Waals surface area (Å²) in [5.41, 5.74) is -1.93. The van der Waals surface area contributed by atoms with E-state index in [1.807, 2.05) is 0 Å². The van der Waals surface area contributed by atoms with E-state index >= 15 is 0 Å². The summed E-state index contributed by atoms with van der Waals surface area (Å²) in [6.07, 6.45) is -5.64. The number of aryl methyl sites for hydroxylation is 1. The van der Waals surface area contributed by atoms with E-state index in [4.69, 9.17) is 0 Å². The first-order valence-corrected chi connectivity index (χ1v) is 9.87. The second-order valence-corrected chi connectivity index (χ2v) is 7.60. The molecule has 2 amide bonds. The van der Waals surface area contributed by atoms with Crippen LogP contribution in [0.1, 0.15) is 43.5 Å². The van der Waals surface area contributed by atoms with Crippen LogP contribution in [0.4, 0.5) is 26.3 Å². The molecule has 1 fully saturated rings. The maximum absolute atomic E-state index is 12.6. The molecule has 0 unspecified atom stereocenters. The van der Waals surface area contributed by atoms with Gasteiger partial charge in [-0.2, -0.15) is 36.3 Å². The number of nitrogens with zero attached hydrogens (tertiary/aromatic N) is 2. The molecule has 0 radical (unpaired) electrons. The predicted molar refractivity (Wildman–Crippen MR) is 103 cm³/mol. The summed E-state index contributed by atoms with van der Waals surface area (Å²) in [4.78, 5) is 51.8. The maximum Gasteiger partial charge on any atom is 0.449 e. The molecule has 2 aromatic heterocycles. The number of hydrogen-bond donors (Lipinski definition) is 2. The van der Waals surface area contributed by atoms with Gasteiger partial charge in [-0.25, -0.2) is 4.79 Å². The molecule has 0 bridgehead atoms. The van der Waals surface area contributed by atoms with Crippen LogP contribution in [-0.4, -0.2) is 33.8 Å². The van der Waals surface area contributed by atoms with Gasteiger partial charge in [-0.15, -0.1) is 0 Å². The van der Waals surface area contributed by atoms with Gasteiger partial charge in [0.15, 0.2) is 0 Å². The number of H-pyrrole nitrogens is 1. The molecule has 1 aliphatic carbocycles. The number of alkyl halides is 6. The third-order valence-electron chi connectivity index (χ3n) is 4.80. The number of amides is 2. The number of halogens is 6. The second-order valence-electron chi connectivity index (χ2n) is 7.60. The topological polar surface area (TPSA) is 134 Å². The number of hydrogen-bond acceptors (Lipinski definition) is 6. The van der Waals surface area contributed by atoms with E-state index in [1.165, 1.54) is 18.2 Å². The van der Waals surface area contributed by atoms with Crippen LogP contribution in [0, 0.1) is 5.92 Å². The van der Waals surface area contributed by atoms with Crippen molar-refractivity contribution in [2.45, 2.75) is 50.9 Å². The highest BCUT2D eigenvalue weighted by atomic mass is 19.4. The van der Waals surface area contributed by atoms with Crippen molar-refractivity contribution in [1.82, 2.24) is 15.3 Å². The number of rotatable bonds is 4. The van der Waals surface area contributed by atoms with Gasteiger partial charge in [-0.1, -0.05) is 19.3 Å². The van der Waals surface area contributed by atoms with Crippen LogP contribution in [0.5, 0.6) is 0 Å². The number of aromatic nitrogens is 2. The van der Waals surface area contributed by atoms with E-state index in [2.05, 4.69) is 14.4 Å². The first-order valence-electron chi connectivity index (χ1n) is 9.87. The van der Waals surface area contributed by atoms with Crippen LogP contribution in [0.15, 0.2) is 25.1 Å². The van der Waals surface area contributed by atoms with Crippen LogP contribution in [0.3, 0.4) is 0 Å². The van der Waals surface area contributed by atoms with E-state index in [0.29, 0.717) is 17.9 Å². The maximum atomic E-state index is 12.6. The lowest BCUT2D eigenvalue weighted by Crippen LogP contribution is -2.45. The quantitative estimate of drug-likeness (QED) is 0.496. The third-order valence-corrected chi connectivity index (χ3v) is 4.80. The molecule has 0 aromatic carbocycles. The molecular formula is C19H16F6N4O5.